The topological polar surface area (TPSA) is 63.0 Å². The van der Waals surface area contributed by atoms with Gasteiger partial charge in [0.25, 0.3) is 10.0 Å². The van der Waals surface area contributed by atoms with E-state index < -0.39 is 10.0 Å². The quantitative estimate of drug-likeness (QED) is 0.615. The molecule has 0 fully saturated rings. The second-order valence-corrected chi connectivity index (χ2v) is 8.36. The van der Waals surface area contributed by atoms with E-state index in [4.69, 9.17) is 9.15 Å². The fourth-order valence-electron chi connectivity index (χ4n) is 2.48. The van der Waals surface area contributed by atoms with E-state index in [1.165, 1.54) is 20.2 Å². The Morgan fingerprint density at radius 3 is 2.11 bits per heavy atom. The fourth-order valence-corrected chi connectivity index (χ4v) is 3.29. The molecule has 0 aliphatic rings. The summed E-state index contributed by atoms with van der Waals surface area (Å²) < 4.78 is 36.6. The molecule has 0 aliphatic heterocycles. The first-order valence-electron chi connectivity index (χ1n) is 8.41. The number of sulfonamides is 1. The van der Waals surface area contributed by atoms with Gasteiger partial charge in [0.2, 0.25) is 5.09 Å². The molecule has 0 aliphatic carbocycles. The number of furan rings is 1. The zero-order valence-electron chi connectivity index (χ0n) is 15.5. The van der Waals surface area contributed by atoms with Crippen LogP contribution in [0.4, 0.5) is 5.69 Å². The van der Waals surface area contributed by atoms with E-state index in [2.05, 4.69) is 0 Å². The number of rotatable bonds is 7. The highest BCUT2D eigenvalue weighted by Crippen LogP contribution is 2.25. The van der Waals surface area contributed by atoms with Crippen LogP contribution in [0, 0.1) is 0 Å². The van der Waals surface area contributed by atoms with Gasteiger partial charge in [-0.1, -0.05) is 18.2 Å². The minimum atomic E-state index is -3.56. The molecule has 1 heterocycles. The van der Waals surface area contributed by atoms with Gasteiger partial charge in [-0.15, -0.1) is 0 Å². The summed E-state index contributed by atoms with van der Waals surface area (Å²) in [5.41, 5.74) is 0.962. The lowest BCUT2D eigenvalue weighted by molar-refractivity contribution is 0.398. The van der Waals surface area contributed by atoms with Crippen LogP contribution in [0.25, 0.3) is 0 Å². The Labute approximate surface area is 159 Å². The Morgan fingerprint density at radius 1 is 0.852 bits per heavy atom. The first-order chi connectivity index (χ1) is 12.9. The number of nitrogens with zero attached hydrogens (tertiary/aromatic N) is 2. The van der Waals surface area contributed by atoms with Gasteiger partial charge in [0.05, 0.1) is 6.54 Å². The van der Waals surface area contributed by atoms with Crippen LogP contribution in [-0.2, 0) is 16.6 Å². The summed E-state index contributed by atoms with van der Waals surface area (Å²) in [6.07, 6.45) is 0. The van der Waals surface area contributed by atoms with Crippen molar-refractivity contribution in [2.75, 3.05) is 26.0 Å². The van der Waals surface area contributed by atoms with Gasteiger partial charge in [0, 0.05) is 26.8 Å². The van der Waals surface area contributed by atoms with Crippen LogP contribution in [0.1, 0.15) is 5.76 Å². The zero-order valence-corrected chi connectivity index (χ0v) is 16.3. The zero-order chi connectivity index (χ0) is 19.4. The number of ether oxygens (including phenoxy) is 1. The molecule has 7 heteroatoms. The molecular weight excluding hydrogens is 364 g/mol. The molecule has 0 bridgehead atoms. The van der Waals surface area contributed by atoms with Crippen LogP contribution in [0.3, 0.4) is 0 Å². The van der Waals surface area contributed by atoms with Gasteiger partial charge in [-0.25, -0.2) is 12.7 Å². The van der Waals surface area contributed by atoms with Crippen LogP contribution in [0.2, 0.25) is 0 Å². The normalized spacial score (nSPS) is 11.6. The Morgan fingerprint density at radius 2 is 1.48 bits per heavy atom. The van der Waals surface area contributed by atoms with Crippen molar-refractivity contribution in [1.29, 1.82) is 0 Å². The molecule has 0 atom stereocenters. The maximum atomic E-state index is 12.1. The Kier molecular flexibility index (Phi) is 5.53. The maximum absolute atomic E-state index is 12.1. The minimum absolute atomic E-state index is 0.0532. The lowest BCUT2D eigenvalue weighted by atomic mass is 10.2. The molecule has 0 spiro atoms. The molecule has 142 valence electrons. The van der Waals surface area contributed by atoms with Gasteiger partial charge >= 0.3 is 0 Å². The van der Waals surface area contributed by atoms with Gasteiger partial charge in [0.1, 0.15) is 17.3 Å². The smallest absolute Gasteiger partial charge is 0.275 e. The molecule has 3 aromatic rings. The predicted molar refractivity (Wildman–Crippen MR) is 105 cm³/mol. The molecule has 6 nitrogen and oxygen atoms in total. The number of hydrogen-bond donors (Lipinski definition) is 0. The third-order valence-electron chi connectivity index (χ3n) is 4.02. The summed E-state index contributed by atoms with van der Waals surface area (Å²) in [6.45, 7) is 0.446. The number of para-hydroxylation sites is 1. The molecule has 0 amide bonds. The Bertz CT molecular complexity index is 980. The van der Waals surface area contributed by atoms with Gasteiger partial charge in [0.15, 0.2) is 0 Å². The summed E-state index contributed by atoms with van der Waals surface area (Å²) in [7, 11) is 1.30. The number of benzene rings is 2. The highest BCUT2D eigenvalue weighted by molar-refractivity contribution is 7.88. The number of anilines is 1. The monoisotopic (exact) mass is 386 g/mol. The van der Waals surface area contributed by atoms with Crippen molar-refractivity contribution in [2.24, 2.45) is 0 Å². The van der Waals surface area contributed by atoms with Crippen molar-refractivity contribution in [3.8, 4) is 11.5 Å². The predicted octanol–water partition coefficient (Wildman–Crippen LogP) is 3.96. The van der Waals surface area contributed by atoms with Crippen molar-refractivity contribution >= 4 is 15.7 Å². The van der Waals surface area contributed by atoms with Crippen molar-refractivity contribution in [3.63, 3.8) is 0 Å². The summed E-state index contributed by atoms with van der Waals surface area (Å²) in [4.78, 5) is 1.97. The van der Waals surface area contributed by atoms with Gasteiger partial charge in [-0.05, 0) is 48.5 Å². The summed E-state index contributed by atoms with van der Waals surface area (Å²) in [6, 6.07) is 20.4. The van der Waals surface area contributed by atoms with E-state index in [-0.39, 0.29) is 5.09 Å². The van der Waals surface area contributed by atoms with Crippen LogP contribution in [0.15, 0.2) is 76.2 Å². The van der Waals surface area contributed by atoms with Crippen molar-refractivity contribution in [2.45, 2.75) is 11.6 Å². The van der Waals surface area contributed by atoms with E-state index in [0.29, 0.717) is 12.3 Å². The van der Waals surface area contributed by atoms with Gasteiger partial charge < -0.3 is 14.1 Å². The van der Waals surface area contributed by atoms with E-state index in [0.717, 1.165) is 21.5 Å². The van der Waals surface area contributed by atoms with E-state index in [9.17, 15) is 8.42 Å². The molecule has 1 aromatic heterocycles. The summed E-state index contributed by atoms with van der Waals surface area (Å²) >= 11 is 0. The fraction of sp³-hybridized carbons (Fsp3) is 0.200. The van der Waals surface area contributed by atoms with Crippen LogP contribution >= 0.6 is 0 Å². The van der Waals surface area contributed by atoms with Crippen LogP contribution < -0.4 is 9.64 Å². The maximum Gasteiger partial charge on any atom is 0.275 e. The van der Waals surface area contributed by atoms with Gasteiger partial charge in [-0.3, -0.25) is 0 Å². The first-order valence-corrected chi connectivity index (χ1v) is 9.85. The minimum Gasteiger partial charge on any atom is -0.457 e. The lowest BCUT2D eigenvalue weighted by Gasteiger charge is -2.18. The third-order valence-corrected chi connectivity index (χ3v) is 5.71. The number of hydrogen-bond acceptors (Lipinski definition) is 5. The highest BCUT2D eigenvalue weighted by atomic mass is 32.2. The molecular formula is C20H22N2O4S. The molecule has 3 rings (SSSR count). The van der Waals surface area contributed by atoms with Gasteiger partial charge in [-0.2, -0.15) is 0 Å². The second kappa shape index (κ2) is 7.85. The third kappa shape index (κ3) is 4.50. The first kappa shape index (κ1) is 19.0. The van der Waals surface area contributed by atoms with Crippen molar-refractivity contribution < 1.29 is 17.6 Å². The molecule has 0 saturated carbocycles. The Balaban J connectivity index is 1.66. The molecule has 0 radical (unpaired) electrons. The summed E-state index contributed by atoms with van der Waals surface area (Å²) in [5.74, 6) is 2.10. The standard InChI is InChI=1S/C20H22N2O4S/c1-21(2)27(23,24)20-14-13-19(26-20)15-22(3)16-9-11-18(12-10-16)25-17-7-5-4-6-8-17/h4-14H,15H2,1-3H3. The lowest BCUT2D eigenvalue weighted by Crippen LogP contribution is -2.21. The van der Waals surface area contributed by atoms with E-state index >= 15 is 0 Å². The largest absolute Gasteiger partial charge is 0.457 e. The van der Waals surface area contributed by atoms with Crippen molar-refractivity contribution in [3.05, 3.63) is 72.5 Å². The molecule has 27 heavy (non-hydrogen) atoms. The summed E-state index contributed by atoms with van der Waals surface area (Å²) in [5, 5.41) is -0.0532. The average Bonchev–Trinajstić information content (AvgIpc) is 3.12. The average molecular weight is 386 g/mol. The molecule has 0 unspecified atom stereocenters. The highest BCUT2D eigenvalue weighted by Gasteiger charge is 2.21. The van der Waals surface area contributed by atoms with E-state index in [1.54, 1.807) is 6.07 Å². The SMILES string of the molecule is CN(Cc1ccc(S(=O)(=O)N(C)C)o1)c1ccc(Oc2ccccc2)cc1. The van der Waals surface area contributed by atoms with E-state index in [1.807, 2.05) is 66.5 Å². The molecule has 2 aromatic carbocycles. The Hall–Kier alpha value is -2.77. The van der Waals surface area contributed by atoms with Crippen molar-refractivity contribution in [1.82, 2.24) is 4.31 Å². The molecule has 0 N–H and O–H groups in total. The van der Waals surface area contributed by atoms with Crippen LogP contribution in [0.5, 0.6) is 11.5 Å². The molecule has 0 saturated heterocycles. The second-order valence-electron chi connectivity index (χ2n) is 6.27. The van der Waals surface area contributed by atoms with Crippen LogP contribution in [-0.4, -0.2) is 33.9 Å².